The summed E-state index contributed by atoms with van der Waals surface area (Å²) in [5.41, 5.74) is 2.23. The maximum atomic E-state index is 6.08. The SMILES string of the molecule is CC(C1CCOCC1)n1c(CCl)nc2ccccc21. The van der Waals surface area contributed by atoms with E-state index in [0.29, 0.717) is 17.8 Å². The normalized spacial score (nSPS) is 18.8. The lowest BCUT2D eigenvalue weighted by molar-refractivity contribution is 0.0516. The summed E-state index contributed by atoms with van der Waals surface area (Å²) >= 11 is 6.08. The van der Waals surface area contributed by atoms with Crippen molar-refractivity contribution in [2.45, 2.75) is 31.7 Å². The van der Waals surface area contributed by atoms with Gasteiger partial charge in [0.15, 0.2) is 0 Å². The van der Waals surface area contributed by atoms with Crippen LogP contribution in [-0.2, 0) is 10.6 Å². The second kappa shape index (κ2) is 5.51. The van der Waals surface area contributed by atoms with E-state index in [1.807, 2.05) is 6.07 Å². The van der Waals surface area contributed by atoms with Crippen LogP contribution in [0.3, 0.4) is 0 Å². The molecule has 1 atom stereocenters. The third-order valence-corrected chi connectivity index (χ3v) is 4.38. The molecule has 1 aromatic carbocycles. The Balaban J connectivity index is 2.02. The number of imidazole rings is 1. The average molecular weight is 279 g/mol. The maximum Gasteiger partial charge on any atom is 0.125 e. The Morgan fingerprint density at radius 3 is 2.84 bits per heavy atom. The number of para-hydroxylation sites is 2. The van der Waals surface area contributed by atoms with Crippen LogP contribution in [0.5, 0.6) is 0 Å². The summed E-state index contributed by atoms with van der Waals surface area (Å²) in [4.78, 5) is 4.65. The van der Waals surface area contributed by atoms with Crippen LogP contribution >= 0.6 is 11.6 Å². The van der Waals surface area contributed by atoms with Crippen molar-refractivity contribution in [2.24, 2.45) is 5.92 Å². The Hall–Kier alpha value is -1.06. The number of benzene rings is 1. The van der Waals surface area contributed by atoms with Crippen LogP contribution in [0.1, 0.15) is 31.6 Å². The van der Waals surface area contributed by atoms with E-state index in [1.54, 1.807) is 0 Å². The van der Waals surface area contributed by atoms with Crippen LogP contribution < -0.4 is 0 Å². The second-order valence-corrected chi connectivity index (χ2v) is 5.48. The first-order valence-corrected chi connectivity index (χ1v) is 7.44. The lowest BCUT2D eigenvalue weighted by atomic mass is 9.92. The van der Waals surface area contributed by atoms with Crippen LogP contribution in [0.25, 0.3) is 11.0 Å². The lowest BCUT2D eigenvalue weighted by Crippen LogP contribution is -2.25. The Labute approximate surface area is 118 Å². The molecule has 1 aliphatic rings. The van der Waals surface area contributed by atoms with E-state index in [9.17, 15) is 0 Å². The highest BCUT2D eigenvalue weighted by molar-refractivity contribution is 6.16. The van der Waals surface area contributed by atoms with Gasteiger partial charge in [0.1, 0.15) is 5.82 Å². The van der Waals surface area contributed by atoms with Crippen LogP contribution in [0.15, 0.2) is 24.3 Å². The van der Waals surface area contributed by atoms with Gasteiger partial charge in [-0.15, -0.1) is 11.6 Å². The summed E-state index contributed by atoms with van der Waals surface area (Å²) in [7, 11) is 0. The molecule has 0 amide bonds. The smallest absolute Gasteiger partial charge is 0.125 e. The van der Waals surface area contributed by atoms with Gasteiger partial charge in [-0.1, -0.05) is 12.1 Å². The minimum Gasteiger partial charge on any atom is -0.381 e. The standard InChI is InChI=1S/C15H19ClN2O/c1-11(12-6-8-19-9-7-12)18-14-5-3-2-4-13(14)17-15(18)10-16/h2-5,11-12H,6-10H2,1H3. The molecule has 2 heterocycles. The second-order valence-electron chi connectivity index (χ2n) is 5.21. The lowest BCUT2D eigenvalue weighted by Gasteiger charge is -2.30. The minimum absolute atomic E-state index is 0.421. The number of hydrogen-bond acceptors (Lipinski definition) is 2. The van der Waals surface area contributed by atoms with Gasteiger partial charge in [0, 0.05) is 19.3 Å². The third kappa shape index (κ3) is 2.37. The molecule has 1 saturated heterocycles. The van der Waals surface area contributed by atoms with Crippen molar-refractivity contribution < 1.29 is 4.74 Å². The Bertz CT molecular complexity index is 560. The predicted octanol–water partition coefficient (Wildman–Crippen LogP) is 3.76. The van der Waals surface area contributed by atoms with E-state index in [2.05, 4.69) is 34.7 Å². The molecule has 1 unspecified atom stereocenters. The number of alkyl halides is 1. The van der Waals surface area contributed by atoms with Gasteiger partial charge >= 0.3 is 0 Å². The first-order valence-electron chi connectivity index (χ1n) is 6.91. The van der Waals surface area contributed by atoms with Gasteiger partial charge in [0.25, 0.3) is 0 Å². The number of hydrogen-bond donors (Lipinski definition) is 0. The van der Waals surface area contributed by atoms with Crippen molar-refractivity contribution >= 4 is 22.6 Å². The molecule has 0 radical (unpaired) electrons. The first kappa shape index (κ1) is 12.9. The quantitative estimate of drug-likeness (QED) is 0.799. The van der Waals surface area contributed by atoms with Crippen LogP contribution in [-0.4, -0.2) is 22.8 Å². The van der Waals surface area contributed by atoms with E-state index in [0.717, 1.165) is 37.4 Å². The molecule has 0 N–H and O–H groups in total. The fourth-order valence-corrected chi connectivity index (χ4v) is 3.24. The summed E-state index contributed by atoms with van der Waals surface area (Å²) in [5.74, 6) is 2.08. The topological polar surface area (TPSA) is 27.1 Å². The van der Waals surface area contributed by atoms with Gasteiger partial charge in [-0.3, -0.25) is 0 Å². The molecule has 19 heavy (non-hydrogen) atoms. The highest BCUT2D eigenvalue weighted by atomic mass is 35.5. The van der Waals surface area contributed by atoms with Crippen LogP contribution in [0.4, 0.5) is 0 Å². The Morgan fingerprint density at radius 1 is 1.37 bits per heavy atom. The van der Waals surface area contributed by atoms with Crippen molar-refractivity contribution in [1.82, 2.24) is 9.55 Å². The van der Waals surface area contributed by atoms with Gasteiger partial charge in [-0.25, -0.2) is 4.98 Å². The monoisotopic (exact) mass is 278 g/mol. The molecule has 3 nitrogen and oxygen atoms in total. The Kier molecular flexibility index (Phi) is 3.76. The van der Waals surface area contributed by atoms with E-state index < -0.39 is 0 Å². The van der Waals surface area contributed by atoms with Crippen LogP contribution in [0, 0.1) is 5.92 Å². The number of fused-ring (bicyclic) bond motifs is 1. The van der Waals surface area contributed by atoms with Crippen molar-refractivity contribution in [2.75, 3.05) is 13.2 Å². The number of aromatic nitrogens is 2. The third-order valence-electron chi connectivity index (χ3n) is 4.14. The summed E-state index contributed by atoms with van der Waals surface area (Å²) in [6.07, 6.45) is 2.24. The summed E-state index contributed by atoms with van der Waals surface area (Å²) in [6.45, 7) is 4.02. The largest absolute Gasteiger partial charge is 0.381 e. The number of rotatable bonds is 3. The van der Waals surface area contributed by atoms with E-state index in [-0.39, 0.29) is 0 Å². The van der Waals surface area contributed by atoms with Gasteiger partial charge in [-0.05, 0) is 37.8 Å². The Morgan fingerprint density at radius 2 is 2.11 bits per heavy atom. The molecule has 1 aromatic heterocycles. The van der Waals surface area contributed by atoms with Crippen molar-refractivity contribution in [1.29, 1.82) is 0 Å². The molecule has 2 aromatic rings. The van der Waals surface area contributed by atoms with Crippen molar-refractivity contribution in [3.8, 4) is 0 Å². The average Bonchev–Trinajstić information content (AvgIpc) is 2.86. The van der Waals surface area contributed by atoms with E-state index in [4.69, 9.17) is 16.3 Å². The molecular formula is C15H19ClN2O. The van der Waals surface area contributed by atoms with E-state index >= 15 is 0 Å². The van der Waals surface area contributed by atoms with Gasteiger partial charge < -0.3 is 9.30 Å². The summed E-state index contributed by atoms with van der Waals surface area (Å²) in [6, 6.07) is 8.70. The maximum absolute atomic E-state index is 6.08. The molecular weight excluding hydrogens is 260 g/mol. The number of nitrogens with zero attached hydrogens (tertiary/aromatic N) is 2. The zero-order valence-corrected chi connectivity index (χ0v) is 11.9. The van der Waals surface area contributed by atoms with Crippen molar-refractivity contribution in [3.05, 3.63) is 30.1 Å². The highest BCUT2D eigenvalue weighted by Crippen LogP contribution is 2.32. The molecule has 0 bridgehead atoms. The highest BCUT2D eigenvalue weighted by Gasteiger charge is 2.24. The van der Waals surface area contributed by atoms with Gasteiger partial charge in [0.2, 0.25) is 0 Å². The molecule has 1 fully saturated rings. The fraction of sp³-hybridized carbons (Fsp3) is 0.533. The van der Waals surface area contributed by atoms with Gasteiger partial charge in [0.05, 0.1) is 16.9 Å². The van der Waals surface area contributed by atoms with E-state index in [1.165, 1.54) is 5.52 Å². The summed E-state index contributed by atoms with van der Waals surface area (Å²) in [5, 5.41) is 0. The molecule has 0 spiro atoms. The van der Waals surface area contributed by atoms with Gasteiger partial charge in [-0.2, -0.15) is 0 Å². The molecule has 0 aliphatic carbocycles. The zero-order chi connectivity index (χ0) is 13.2. The molecule has 102 valence electrons. The molecule has 0 saturated carbocycles. The molecule has 3 rings (SSSR count). The fourth-order valence-electron chi connectivity index (χ4n) is 3.05. The van der Waals surface area contributed by atoms with Crippen LogP contribution in [0.2, 0.25) is 0 Å². The summed E-state index contributed by atoms with van der Waals surface area (Å²) < 4.78 is 7.78. The minimum atomic E-state index is 0.421. The number of halogens is 1. The zero-order valence-electron chi connectivity index (χ0n) is 11.2. The molecule has 1 aliphatic heterocycles. The predicted molar refractivity (Wildman–Crippen MR) is 77.5 cm³/mol. The number of ether oxygens (including phenoxy) is 1. The molecule has 4 heteroatoms. The first-order chi connectivity index (χ1) is 9.31. The van der Waals surface area contributed by atoms with Crippen molar-refractivity contribution in [3.63, 3.8) is 0 Å².